The summed E-state index contributed by atoms with van der Waals surface area (Å²) in [5, 5.41) is 3.23. The number of nitrogens with zero attached hydrogens (tertiary/aromatic N) is 2. The summed E-state index contributed by atoms with van der Waals surface area (Å²) in [4.78, 5) is 5.15. The molecule has 90 valence electrons. The molecule has 0 saturated carbocycles. The van der Waals surface area contributed by atoms with Crippen molar-refractivity contribution in [1.29, 1.82) is 0 Å². The first kappa shape index (κ1) is 12.9. The monoisotopic (exact) mass is 213 g/mol. The molecule has 0 radical (unpaired) electrons. The molecule has 0 bridgehead atoms. The van der Waals surface area contributed by atoms with Gasteiger partial charge in [-0.2, -0.15) is 0 Å². The van der Waals surface area contributed by atoms with Crippen molar-refractivity contribution < 1.29 is 0 Å². The van der Waals surface area contributed by atoms with Crippen LogP contribution in [0.1, 0.15) is 26.7 Å². The molecule has 0 aromatic heterocycles. The van der Waals surface area contributed by atoms with Crippen LogP contribution in [0, 0.1) is 0 Å². The van der Waals surface area contributed by atoms with E-state index in [0.29, 0.717) is 0 Å². The number of piperazine rings is 1. The predicted octanol–water partition coefficient (Wildman–Crippen LogP) is 1.01. The van der Waals surface area contributed by atoms with Gasteiger partial charge >= 0.3 is 0 Å². The van der Waals surface area contributed by atoms with Crippen LogP contribution in [0.25, 0.3) is 0 Å². The second kappa shape index (κ2) is 6.46. The highest BCUT2D eigenvalue weighted by Gasteiger charge is 2.25. The minimum atomic E-state index is 0.722. The van der Waals surface area contributed by atoms with Gasteiger partial charge in [0.25, 0.3) is 0 Å². The Hall–Kier alpha value is -0.120. The molecule has 0 aromatic rings. The molecule has 2 atom stereocenters. The van der Waals surface area contributed by atoms with Gasteiger partial charge < -0.3 is 10.2 Å². The maximum atomic E-state index is 3.23. The zero-order valence-electron chi connectivity index (χ0n) is 10.8. The van der Waals surface area contributed by atoms with Gasteiger partial charge in [-0.1, -0.05) is 6.92 Å². The summed E-state index contributed by atoms with van der Waals surface area (Å²) in [7, 11) is 4.29. The van der Waals surface area contributed by atoms with Crippen LogP contribution in [0.2, 0.25) is 0 Å². The molecule has 0 aromatic carbocycles. The van der Waals surface area contributed by atoms with E-state index in [4.69, 9.17) is 0 Å². The van der Waals surface area contributed by atoms with Gasteiger partial charge in [0.2, 0.25) is 0 Å². The highest BCUT2D eigenvalue weighted by Crippen LogP contribution is 2.14. The number of likely N-dealkylation sites (N-methyl/N-ethyl adjacent to an activating group) is 1. The lowest BCUT2D eigenvalue weighted by molar-refractivity contribution is 0.0652. The Morgan fingerprint density at radius 2 is 2.13 bits per heavy atom. The molecule has 1 aliphatic rings. The normalized spacial score (nSPS) is 26.8. The van der Waals surface area contributed by atoms with Crippen molar-refractivity contribution in [3.8, 4) is 0 Å². The Balaban J connectivity index is 2.36. The highest BCUT2D eigenvalue weighted by molar-refractivity contribution is 4.82. The molecule has 1 aliphatic heterocycles. The van der Waals surface area contributed by atoms with Gasteiger partial charge in [0.15, 0.2) is 0 Å². The molecule has 1 N–H and O–H groups in total. The van der Waals surface area contributed by atoms with Gasteiger partial charge in [-0.05, 0) is 40.4 Å². The molecule has 1 heterocycles. The highest BCUT2D eigenvalue weighted by atomic mass is 15.3. The van der Waals surface area contributed by atoms with Crippen LogP contribution in [0.3, 0.4) is 0 Å². The van der Waals surface area contributed by atoms with Crippen molar-refractivity contribution >= 4 is 0 Å². The minimum Gasteiger partial charge on any atom is -0.320 e. The maximum Gasteiger partial charge on any atom is 0.0218 e. The van der Waals surface area contributed by atoms with Crippen molar-refractivity contribution in [2.75, 3.05) is 40.3 Å². The lowest BCUT2D eigenvalue weighted by atomic mass is 10.1. The van der Waals surface area contributed by atoms with E-state index in [0.717, 1.165) is 18.6 Å². The van der Waals surface area contributed by atoms with Crippen molar-refractivity contribution in [3.63, 3.8) is 0 Å². The fraction of sp³-hybridized carbons (Fsp3) is 1.00. The van der Waals surface area contributed by atoms with Crippen LogP contribution in [-0.4, -0.2) is 62.2 Å². The van der Waals surface area contributed by atoms with Crippen molar-refractivity contribution in [2.45, 2.75) is 38.8 Å². The zero-order valence-corrected chi connectivity index (χ0v) is 10.8. The summed E-state index contributed by atoms with van der Waals surface area (Å²) in [5.41, 5.74) is 0. The number of rotatable bonds is 5. The topological polar surface area (TPSA) is 18.5 Å². The van der Waals surface area contributed by atoms with Crippen molar-refractivity contribution in [3.05, 3.63) is 0 Å². The molecule has 1 fully saturated rings. The maximum absolute atomic E-state index is 3.23. The van der Waals surface area contributed by atoms with E-state index >= 15 is 0 Å². The SMILES string of the molecule is CCC1CN(C(C)CCNC)CCN1C. The third kappa shape index (κ3) is 3.74. The molecule has 0 aliphatic carbocycles. The van der Waals surface area contributed by atoms with Crippen LogP contribution in [-0.2, 0) is 0 Å². The summed E-state index contributed by atoms with van der Waals surface area (Å²) in [6, 6.07) is 1.48. The first-order valence-corrected chi connectivity index (χ1v) is 6.28. The molecule has 0 amide bonds. The van der Waals surface area contributed by atoms with E-state index < -0.39 is 0 Å². The number of nitrogens with one attached hydrogen (secondary N) is 1. The minimum absolute atomic E-state index is 0.722. The largest absolute Gasteiger partial charge is 0.320 e. The summed E-state index contributed by atoms with van der Waals surface area (Å²) < 4.78 is 0. The average molecular weight is 213 g/mol. The van der Waals surface area contributed by atoms with Gasteiger partial charge in [0.05, 0.1) is 0 Å². The average Bonchev–Trinajstić information content (AvgIpc) is 2.26. The molecule has 1 saturated heterocycles. The summed E-state index contributed by atoms with van der Waals surface area (Å²) in [6.07, 6.45) is 2.53. The van der Waals surface area contributed by atoms with E-state index in [1.807, 2.05) is 7.05 Å². The number of hydrogen-bond acceptors (Lipinski definition) is 3. The van der Waals surface area contributed by atoms with Gasteiger partial charge in [-0.25, -0.2) is 0 Å². The van der Waals surface area contributed by atoms with Gasteiger partial charge in [0.1, 0.15) is 0 Å². The molecule has 3 heteroatoms. The Morgan fingerprint density at radius 1 is 1.40 bits per heavy atom. The summed E-state index contributed by atoms with van der Waals surface area (Å²) in [5.74, 6) is 0. The second-order valence-corrected chi connectivity index (χ2v) is 4.78. The standard InChI is InChI=1S/C12H27N3/c1-5-12-10-15(9-8-14(12)4)11(2)6-7-13-3/h11-13H,5-10H2,1-4H3. The number of hydrogen-bond donors (Lipinski definition) is 1. The lowest BCUT2D eigenvalue weighted by Crippen LogP contribution is -2.53. The molecule has 2 unspecified atom stereocenters. The Labute approximate surface area is 94.8 Å². The van der Waals surface area contributed by atoms with Gasteiger partial charge in [-0.3, -0.25) is 4.90 Å². The van der Waals surface area contributed by atoms with E-state index in [2.05, 4.69) is 36.0 Å². The molecule has 15 heavy (non-hydrogen) atoms. The van der Waals surface area contributed by atoms with Crippen LogP contribution < -0.4 is 5.32 Å². The van der Waals surface area contributed by atoms with Gasteiger partial charge in [0, 0.05) is 31.7 Å². The molecule has 3 nitrogen and oxygen atoms in total. The first-order valence-electron chi connectivity index (χ1n) is 6.28. The van der Waals surface area contributed by atoms with Crippen molar-refractivity contribution in [2.24, 2.45) is 0 Å². The molecule has 0 spiro atoms. The van der Waals surface area contributed by atoms with Crippen molar-refractivity contribution in [1.82, 2.24) is 15.1 Å². The van der Waals surface area contributed by atoms with E-state index in [1.54, 1.807) is 0 Å². The summed E-state index contributed by atoms with van der Waals surface area (Å²) in [6.45, 7) is 9.49. The Bertz CT molecular complexity index is 172. The second-order valence-electron chi connectivity index (χ2n) is 4.78. The van der Waals surface area contributed by atoms with Gasteiger partial charge in [-0.15, -0.1) is 0 Å². The molecular formula is C12H27N3. The lowest BCUT2D eigenvalue weighted by Gasteiger charge is -2.42. The Kier molecular flexibility index (Phi) is 5.58. The fourth-order valence-electron chi connectivity index (χ4n) is 2.35. The smallest absolute Gasteiger partial charge is 0.0218 e. The Morgan fingerprint density at radius 3 is 2.73 bits per heavy atom. The first-order chi connectivity index (χ1) is 7.19. The van der Waals surface area contributed by atoms with E-state index in [1.165, 1.54) is 32.5 Å². The van der Waals surface area contributed by atoms with E-state index in [9.17, 15) is 0 Å². The predicted molar refractivity (Wildman–Crippen MR) is 66.3 cm³/mol. The zero-order chi connectivity index (χ0) is 11.3. The van der Waals surface area contributed by atoms with Crippen LogP contribution in [0.5, 0.6) is 0 Å². The summed E-state index contributed by atoms with van der Waals surface area (Å²) >= 11 is 0. The third-order valence-corrected chi connectivity index (χ3v) is 3.72. The quantitative estimate of drug-likeness (QED) is 0.735. The van der Waals surface area contributed by atoms with Crippen LogP contribution in [0.15, 0.2) is 0 Å². The third-order valence-electron chi connectivity index (χ3n) is 3.72. The fourth-order valence-corrected chi connectivity index (χ4v) is 2.35. The van der Waals surface area contributed by atoms with Crippen LogP contribution in [0.4, 0.5) is 0 Å². The molecular weight excluding hydrogens is 186 g/mol. The van der Waals surface area contributed by atoms with E-state index in [-0.39, 0.29) is 0 Å². The van der Waals surface area contributed by atoms with Crippen LogP contribution >= 0.6 is 0 Å². The molecule has 1 rings (SSSR count).